The highest BCUT2D eigenvalue weighted by atomic mass is 32.2. The first-order valence-electron chi connectivity index (χ1n) is 9.26. The Balaban J connectivity index is 1.62. The number of benzene rings is 1. The van der Waals surface area contributed by atoms with Crippen LogP contribution in [0, 0.1) is 17.2 Å². The number of piperidine rings is 1. The quantitative estimate of drug-likeness (QED) is 0.804. The van der Waals surface area contributed by atoms with Gasteiger partial charge < -0.3 is 10.2 Å². The molecule has 1 N–H and O–H groups in total. The van der Waals surface area contributed by atoms with Crippen LogP contribution in [0.4, 0.5) is 11.5 Å². The van der Waals surface area contributed by atoms with Gasteiger partial charge in [0.15, 0.2) is 0 Å². The van der Waals surface area contributed by atoms with E-state index >= 15 is 0 Å². The molecule has 1 aromatic carbocycles. The lowest BCUT2D eigenvalue weighted by Crippen LogP contribution is -2.41. The van der Waals surface area contributed by atoms with Gasteiger partial charge in [-0.25, -0.2) is 13.4 Å². The van der Waals surface area contributed by atoms with Gasteiger partial charge in [-0.3, -0.25) is 4.79 Å². The minimum absolute atomic E-state index is 0.0115. The van der Waals surface area contributed by atoms with Gasteiger partial charge in [-0.1, -0.05) is 12.1 Å². The van der Waals surface area contributed by atoms with Gasteiger partial charge in [-0.15, -0.1) is 0 Å². The lowest BCUT2D eigenvalue weighted by molar-refractivity contribution is -0.120. The molecule has 0 saturated carbocycles. The summed E-state index contributed by atoms with van der Waals surface area (Å²) in [4.78, 5) is 18.7. The van der Waals surface area contributed by atoms with Crippen molar-refractivity contribution in [1.82, 2.24) is 9.29 Å². The molecule has 0 spiro atoms. The van der Waals surface area contributed by atoms with Gasteiger partial charge in [-0.05, 0) is 37.1 Å². The molecule has 3 rings (SSSR count). The number of nitrogens with one attached hydrogen (secondary N) is 1. The van der Waals surface area contributed by atoms with Crippen LogP contribution in [0.15, 0.2) is 47.5 Å². The van der Waals surface area contributed by atoms with E-state index in [4.69, 9.17) is 0 Å². The number of nitriles is 1. The zero-order valence-electron chi connectivity index (χ0n) is 16.4. The van der Waals surface area contributed by atoms with Crippen molar-refractivity contribution in [2.45, 2.75) is 17.7 Å². The van der Waals surface area contributed by atoms with Crippen LogP contribution in [0.3, 0.4) is 0 Å². The summed E-state index contributed by atoms with van der Waals surface area (Å²) in [5, 5.41) is 12.0. The Morgan fingerprint density at radius 1 is 1.21 bits per heavy atom. The molecule has 2 heterocycles. The molecule has 1 aromatic heterocycles. The van der Waals surface area contributed by atoms with Crippen molar-refractivity contribution in [3.05, 3.63) is 48.2 Å². The molecule has 0 atom stereocenters. The summed E-state index contributed by atoms with van der Waals surface area (Å²) >= 11 is 0. The zero-order chi connectivity index (χ0) is 21.0. The summed E-state index contributed by atoms with van der Waals surface area (Å²) in [6.07, 6.45) is 2.44. The largest absolute Gasteiger partial charge is 0.363 e. The molecular formula is C20H23N5O3S. The Hall–Kier alpha value is -2.96. The van der Waals surface area contributed by atoms with Gasteiger partial charge in [0.25, 0.3) is 0 Å². The van der Waals surface area contributed by atoms with Crippen LogP contribution >= 0.6 is 0 Å². The number of sulfonamides is 1. The van der Waals surface area contributed by atoms with Crippen LogP contribution in [0.25, 0.3) is 0 Å². The Bertz CT molecular complexity index is 1020. The maximum Gasteiger partial charge on any atom is 0.244 e. The second-order valence-corrected chi connectivity index (χ2v) is 8.98. The summed E-state index contributed by atoms with van der Waals surface area (Å²) in [5.74, 6) is 0.374. The maximum absolute atomic E-state index is 12.9. The van der Waals surface area contributed by atoms with Crippen LogP contribution in [-0.4, -0.2) is 50.8 Å². The first-order valence-corrected chi connectivity index (χ1v) is 10.7. The highest BCUT2D eigenvalue weighted by Crippen LogP contribution is 2.26. The molecular weight excluding hydrogens is 390 g/mol. The van der Waals surface area contributed by atoms with E-state index in [2.05, 4.69) is 10.3 Å². The topological polar surface area (TPSA) is 106 Å². The van der Waals surface area contributed by atoms with E-state index in [9.17, 15) is 18.5 Å². The number of carbonyl (C=O) groups excluding carboxylic acids is 1. The molecule has 0 bridgehead atoms. The Labute approximate surface area is 170 Å². The number of nitrogens with zero attached hydrogens (tertiary/aromatic N) is 4. The van der Waals surface area contributed by atoms with Gasteiger partial charge in [0.2, 0.25) is 15.9 Å². The second kappa shape index (κ2) is 8.59. The average Bonchev–Trinajstić information content (AvgIpc) is 2.74. The number of carbonyl (C=O) groups is 1. The Morgan fingerprint density at radius 3 is 2.48 bits per heavy atom. The lowest BCUT2D eigenvalue weighted by Gasteiger charge is -2.30. The van der Waals surface area contributed by atoms with E-state index in [0.717, 1.165) is 5.82 Å². The fourth-order valence-electron chi connectivity index (χ4n) is 3.25. The van der Waals surface area contributed by atoms with Gasteiger partial charge in [-0.2, -0.15) is 9.57 Å². The normalized spacial score (nSPS) is 15.5. The molecule has 152 valence electrons. The molecule has 0 aliphatic carbocycles. The number of pyridine rings is 1. The van der Waals surface area contributed by atoms with Crippen molar-refractivity contribution >= 4 is 27.4 Å². The number of hydrogen-bond donors (Lipinski definition) is 1. The summed E-state index contributed by atoms with van der Waals surface area (Å²) in [6.45, 7) is 0.468. The fourth-order valence-corrected chi connectivity index (χ4v) is 4.86. The van der Waals surface area contributed by atoms with Gasteiger partial charge >= 0.3 is 0 Å². The summed E-state index contributed by atoms with van der Waals surface area (Å²) in [7, 11) is 0.0114. The molecule has 0 radical (unpaired) electrons. The van der Waals surface area contributed by atoms with Crippen LogP contribution in [0.2, 0.25) is 0 Å². The third-order valence-corrected chi connectivity index (χ3v) is 6.88. The molecule has 1 amide bonds. The smallest absolute Gasteiger partial charge is 0.244 e. The summed E-state index contributed by atoms with van der Waals surface area (Å²) in [5.41, 5.74) is 0.736. The summed E-state index contributed by atoms with van der Waals surface area (Å²) in [6, 6.07) is 11.7. The van der Waals surface area contributed by atoms with E-state index < -0.39 is 10.0 Å². The van der Waals surface area contributed by atoms with Crippen LogP contribution < -0.4 is 10.2 Å². The third kappa shape index (κ3) is 4.55. The van der Waals surface area contributed by atoms with Gasteiger partial charge in [0.05, 0.1) is 22.3 Å². The van der Waals surface area contributed by atoms with E-state index in [1.807, 2.05) is 31.1 Å². The Morgan fingerprint density at radius 2 is 1.90 bits per heavy atom. The van der Waals surface area contributed by atoms with E-state index in [0.29, 0.717) is 18.5 Å². The monoisotopic (exact) mass is 413 g/mol. The van der Waals surface area contributed by atoms with Crippen molar-refractivity contribution < 1.29 is 13.2 Å². The predicted octanol–water partition coefficient (Wildman–Crippen LogP) is 2.06. The van der Waals surface area contributed by atoms with E-state index in [1.54, 1.807) is 24.4 Å². The standard InChI is InChI=1S/C20H23N5O3S/c1-24(2)19-8-7-17(14-22-19)23-20(26)15-9-11-25(12-10-15)29(27,28)18-6-4-3-5-16(18)13-21/h3-8,14-15H,9-12H2,1-2H3,(H,23,26). The predicted molar refractivity (Wildman–Crippen MR) is 110 cm³/mol. The molecule has 1 fully saturated rings. The highest BCUT2D eigenvalue weighted by Gasteiger charge is 2.33. The van der Waals surface area contributed by atoms with Crippen molar-refractivity contribution in [2.24, 2.45) is 5.92 Å². The molecule has 1 aliphatic heterocycles. The minimum atomic E-state index is -3.76. The molecule has 0 unspecified atom stereocenters. The average molecular weight is 414 g/mol. The molecule has 9 heteroatoms. The Kier molecular flexibility index (Phi) is 6.15. The highest BCUT2D eigenvalue weighted by molar-refractivity contribution is 7.89. The number of rotatable bonds is 5. The summed E-state index contributed by atoms with van der Waals surface area (Å²) < 4.78 is 27.1. The molecule has 1 aliphatic rings. The molecule has 29 heavy (non-hydrogen) atoms. The van der Waals surface area contributed by atoms with Crippen LogP contribution in [0.1, 0.15) is 18.4 Å². The third-order valence-electron chi connectivity index (χ3n) is 4.92. The maximum atomic E-state index is 12.9. The van der Waals surface area contributed by atoms with Gasteiger partial charge in [0, 0.05) is 33.1 Å². The fraction of sp³-hybridized carbons (Fsp3) is 0.350. The van der Waals surface area contributed by atoms with E-state index in [1.165, 1.54) is 16.4 Å². The number of amides is 1. The molecule has 1 saturated heterocycles. The molecule has 2 aromatic rings. The van der Waals surface area contributed by atoms with Crippen LogP contribution in [0.5, 0.6) is 0 Å². The van der Waals surface area contributed by atoms with Crippen molar-refractivity contribution in [3.8, 4) is 6.07 Å². The first kappa shape index (κ1) is 20.8. The molecule has 8 nitrogen and oxygen atoms in total. The number of aromatic nitrogens is 1. The minimum Gasteiger partial charge on any atom is -0.363 e. The van der Waals surface area contributed by atoms with Crippen molar-refractivity contribution in [2.75, 3.05) is 37.4 Å². The first-order chi connectivity index (χ1) is 13.8. The van der Waals surface area contributed by atoms with Crippen molar-refractivity contribution in [1.29, 1.82) is 5.26 Å². The lowest BCUT2D eigenvalue weighted by atomic mass is 9.97. The van der Waals surface area contributed by atoms with E-state index in [-0.39, 0.29) is 35.4 Å². The van der Waals surface area contributed by atoms with Crippen LogP contribution in [-0.2, 0) is 14.8 Å². The number of hydrogen-bond acceptors (Lipinski definition) is 6. The SMILES string of the molecule is CN(C)c1ccc(NC(=O)C2CCN(S(=O)(=O)c3ccccc3C#N)CC2)cn1. The van der Waals surface area contributed by atoms with Crippen molar-refractivity contribution in [3.63, 3.8) is 0 Å². The second-order valence-electron chi connectivity index (χ2n) is 7.08. The van der Waals surface area contributed by atoms with Gasteiger partial charge in [0.1, 0.15) is 11.9 Å². The zero-order valence-corrected chi connectivity index (χ0v) is 17.2. The number of anilines is 2.